The van der Waals surface area contributed by atoms with Crippen molar-refractivity contribution < 1.29 is 4.84 Å². The second-order valence-corrected chi connectivity index (χ2v) is 6.11. The number of hydrogen-bond acceptors (Lipinski definition) is 3. The number of para-hydroxylation sites is 2. The standard InChI is InChI=1S/C18H17N3O/c1-2-6-13(7-3-1)11-21-17-10-14(22-21)12-20-16-9-5-4-8-15(16)19-18(17)20/h1-9,14,17H,10-12H2/t14-,17+/m0/s1. The summed E-state index contributed by atoms with van der Waals surface area (Å²) in [6.45, 7) is 1.71. The Morgan fingerprint density at radius 2 is 1.86 bits per heavy atom. The van der Waals surface area contributed by atoms with Crippen molar-refractivity contribution in [3.05, 3.63) is 66.0 Å². The summed E-state index contributed by atoms with van der Waals surface area (Å²) < 4.78 is 2.33. The molecule has 0 unspecified atom stereocenters. The maximum atomic E-state index is 6.15. The van der Waals surface area contributed by atoms with Crippen molar-refractivity contribution in [1.82, 2.24) is 14.6 Å². The number of imidazole rings is 1. The highest BCUT2D eigenvalue weighted by Crippen LogP contribution is 2.41. The Bertz CT molecular complexity index is 827. The molecule has 0 radical (unpaired) electrons. The average Bonchev–Trinajstić information content (AvgIpc) is 3.09. The lowest BCUT2D eigenvalue weighted by atomic mass is 10.1. The Labute approximate surface area is 128 Å². The molecule has 110 valence electrons. The fraction of sp³-hybridized carbons (Fsp3) is 0.278. The minimum Gasteiger partial charge on any atom is -0.324 e. The second-order valence-electron chi connectivity index (χ2n) is 6.11. The lowest BCUT2D eigenvalue weighted by Gasteiger charge is -2.22. The molecule has 2 aliphatic rings. The molecular weight excluding hydrogens is 274 g/mol. The van der Waals surface area contributed by atoms with Crippen molar-refractivity contribution in [1.29, 1.82) is 0 Å². The third-order valence-electron chi connectivity index (χ3n) is 4.67. The highest BCUT2D eigenvalue weighted by atomic mass is 16.7. The van der Waals surface area contributed by atoms with Gasteiger partial charge in [0, 0.05) is 13.0 Å². The number of hydroxylamine groups is 2. The molecule has 0 aliphatic carbocycles. The minimum absolute atomic E-state index is 0.256. The molecule has 2 aromatic carbocycles. The van der Waals surface area contributed by atoms with Crippen LogP contribution >= 0.6 is 0 Å². The zero-order valence-electron chi connectivity index (χ0n) is 12.2. The number of benzene rings is 2. The van der Waals surface area contributed by atoms with Gasteiger partial charge in [-0.25, -0.2) is 4.98 Å². The molecule has 22 heavy (non-hydrogen) atoms. The van der Waals surface area contributed by atoms with Crippen LogP contribution in [0.2, 0.25) is 0 Å². The quantitative estimate of drug-likeness (QED) is 0.726. The number of nitrogens with zero attached hydrogens (tertiary/aromatic N) is 3. The Morgan fingerprint density at radius 3 is 2.77 bits per heavy atom. The van der Waals surface area contributed by atoms with Gasteiger partial charge in [0.2, 0.25) is 0 Å². The molecule has 5 rings (SSSR count). The largest absolute Gasteiger partial charge is 0.324 e. The zero-order valence-corrected chi connectivity index (χ0v) is 12.2. The van der Waals surface area contributed by atoms with Crippen molar-refractivity contribution in [2.45, 2.75) is 31.7 Å². The first-order valence-electron chi connectivity index (χ1n) is 7.81. The van der Waals surface area contributed by atoms with Crippen LogP contribution in [0.3, 0.4) is 0 Å². The van der Waals surface area contributed by atoms with Crippen LogP contribution in [0.5, 0.6) is 0 Å². The van der Waals surface area contributed by atoms with E-state index in [1.54, 1.807) is 0 Å². The summed E-state index contributed by atoms with van der Waals surface area (Å²) in [5.74, 6) is 1.14. The first kappa shape index (κ1) is 12.4. The van der Waals surface area contributed by atoms with Gasteiger partial charge in [-0.2, -0.15) is 5.06 Å². The van der Waals surface area contributed by atoms with E-state index in [0.717, 1.165) is 30.9 Å². The van der Waals surface area contributed by atoms with E-state index in [4.69, 9.17) is 9.82 Å². The van der Waals surface area contributed by atoms with E-state index in [-0.39, 0.29) is 12.1 Å². The van der Waals surface area contributed by atoms with Crippen molar-refractivity contribution >= 4 is 11.0 Å². The SMILES string of the molecule is c1ccc(CN2O[C@H]3C[C@@H]2c2nc4ccccc4n2C3)cc1. The highest BCUT2D eigenvalue weighted by molar-refractivity contribution is 5.76. The van der Waals surface area contributed by atoms with Gasteiger partial charge in [-0.15, -0.1) is 0 Å². The van der Waals surface area contributed by atoms with Gasteiger partial charge >= 0.3 is 0 Å². The van der Waals surface area contributed by atoms with Crippen LogP contribution < -0.4 is 0 Å². The summed E-state index contributed by atoms with van der Waals surface area (Å²) in [5.41, 5.74) is 3.58. The van der Waals surface area contributed by atoms with Crippen molar-refractivity contribution in [2.24, 2.45) is 0 Å². The molecule has 2 atom stereocenters. The van der Waals surface area contributed by atoms with Crippen LogP contribution in [0.15, 0.2) is 54.6 Å². The van der Waals surface area contributed by atoms with Gasteiger partial charge in [-0.3, -0.25) is 4.84 Å². The molecular formula is C18H17N3O. The van der Waals surface area contributed by atoms with Crippen LogP contribution in [-0.4, -0.2) is 20.7 Å². The van der Waals surface area contributed by atoms with E-state index < -0.39 is 0 Å². The van der Waals surface area contributed by atoms with Crippen LogP contribution in [0.1, 0.15) is 23.9 Å². The summed E-state index contributed by atoms with van der Waals surface area (Å²) in [7, 11) is 0. The van der Waals surface area contributed by atoms with Crippen molar-refractivity contribution in [3.63, 3.8) is 0 Å². The van der Waals surface area contributed by atoms with E-state index >= 15 is 0 Å². The van der Waals surface area contributed by atoms with Crippen LogP contribution in [0.4, 0.5) is 0 Å². The first-order valence-corrected chi connectivity index (χ1v) is 7.81. The molecule has 0 saturated carbocycles. The predicted octanol–water partition coefficient (Wildman–Crippen LogP) is 3.30. The molecule has 1 aromatic heterocycles. The molecule has 2 bridgehead atoms. The normalized spacial score (nSPS) is 23.8. The Kier molecular flexibility index (Phi) is 2.62. The molecule has 2 aliphatic heterocycles. The molecule has 4 nitrogen and oxygen atoms in total. The monoisotopic (exact) mass is 291 g/mol. The van der Waals surface area contributed by atoms with E-state index in [2.05, 4.69) is 58.2 Å². The summed E-state index contributed by atoms with van der Waals surface area (Å²) in [6.07, 6.45) is 1.30. The number of aromatic nitrogens is 2. The van der Waals surface area contributed by atoms with Gasteiger partial charge < -0.3 is 4.57 Å². The molecule has 1 saturated heterocycles. The van der Waals surface area contributed by atoms with Gasteiger partial charge in [-0.1, -0.05) is 42.5 Å². The summed E-state index contributed by atoms with van der Waals surface area (Å²) >= 11 is 0. The Morgan fingerprint density at radius 1 is 1.05 bits per heavy atom. The fourth-order valence-electron chi connectivity index (χ4n) is 3.67. The Balaban J connectivity index is 1.54. The number of fused-ring (bicyclic) bond motifs is 6. The lowest BCUT2D eigenvalue weighted by Crippen LogP contribution is -2.24. The van der Waals surface area contributed by atoms with E-state index in [9.17, 15) is 0 Å². The maximum absolute atomic E-state index is 6.15. The van der Waals surface area contributed by atoms with Crippen molar-refractivity contribution in [3.8, 4) is 0 Å². The van der Waals surface area contributed by atoms with Gasteiger partial charge in [-0.05, 0) is 17.7 Å². The second kappa shape index (κ2) is 4.66. The molecule has 4 heteroatoms. The maximum Gasteiger partial charge on any atom is 0.129 e. The minimum atomic E-state index is 0.256. The average molecular weight is 291 g/mol. The summed E-state index contributed by atoms with van der Waals surface area (Å²) in [5, 5.41) is 2.12. The topological polar surface area (TPSA) is 30.3 Å². The highest BCUT2D eigenvalue weighted by Gasteiger charge is 2.42. The summed E-state index contributed by atoms with van der Waals surface area (Å²) in [6, 6.07) is 19.1. The third-order valence-corrected chi connectivity index (χ3v) is 4.67. The van der Waals surface area contributed by atoms with Crippen LogP contribution in [0.25, 0.3) is 11.0 Å². The molecule has 1 fully saturated rings. The Hall–Kier alpha value is -2.17. The van der Waals surface area contributed by atoms with Crippen molar-refractivity contribution in [2.75, 3.05) is 0 Å². The first-order chi connectivity index (χ1) is 10.9. The number of hydrogen-bond donors (Lipinski definition) is 0. The van der Waals surface area contributed by atoms with Gasteiger partial charge in [0.05, 0.1) is 29.7 Å². The van der Waals surface area contributed by atoms with Crippen LogP contribution in [0, 0.1) is 0 Å². The smallest absolute Gasteiger partial charge is 0.129 e. The van der Waals surface area contributed by atoms with E-state index in [0.29, 0.717) is 0 Å². The zero-order chi connectivity index (χ0) is 14.5. The van der Waals surface area contributed by atoms with Gasteiger partial charge in [0.25, 0.3) is 0 Å². The molecule has 0 spiro atoms. The number of rotatable bonds is 2. The lowest BCUT2D eigenvalue weighted by molar-refractivity contribution is -0.167. The summed E-state index contributed by atoms with van der Waals surface area (Å²) in [4.78, 5) is 11.0. The molecule has 3 aromatic rings. The molecule has 0 N–H and O–H groups in total. The van der Waals surface area contributed by atoms with Crippen LogP contribution in [-0.2, 0) is 17.9 Å². The fourth-order valence-corrected chi connectivity index (χ4v) is 3.67. The molecule has 0 amide bonds. The van der Waals surface area contributed by atoms with E-state index in [1.807, 2.05) is 6.07 Å². The third kappa shape index (κ3) is 1.81. The predicted molar refractivity (Wildman–Crippen MR) is 83.9 cm³/mol. The van der Waals surface area contributed by atoms with Gasteiger partial charge in [0.1, 0.15) is 5.82 Å². The van der Waals surface area contributed by atoms with E-state index in [1.165, 1.54) is 11.1 Å². The van der Waals surface area contributed by atoms with Gasteiger partial charge in [0.15, 0.2) is 0 Å². The molecule has 3 heterocycles.